The predicted octanol–water partition coefficient (Wildman–Crippen LogP) is 13.7. The molecule has 0 unspecified atom stereocenters. The van der Waals surface area contributed by atoms with Gasteiger partial charge in [-0.3, -0.25) is 17.6 Å². The van der Waals surface area contributed by atoms with Crippen molar-refractivity contribution in [2.24, 2.45) is 0 Å². The van der Waals surface area contributed by atoms with Crippen molar-refractivity contribution in [2.45, 2.75) is 51.9 Å². The molecular weight excluding hydrogens is 861 g/mol. The maximum atomic E-state index is 5.54. The van der Waals surface area contributed by atoms with Crippen molar-refractivity contribution >= 4 is 100 Å². The van der Waals surface area contributed by atoms with Gasteiger partial charge in [0.05, 0.1) is 66.2 Å². The molecule has 0 saturated heterocycles. The van der Waals surface area contributed by atoms with Crippen molar-refractivity contribution in [3.8, 4) is 22.3 Å². The van der Waals surface area contributed by atoms with E-state index >= 15 is 0 Å². The molecule has 16 aromatic rings. The summed E-state index contributed by atoms with van der Waals surface area (Å²) >= 11 is 0. The number of rotatable bonds is 5. The van der Waals surface area contributed by atoms with Gasteiger partial charge in [0, 0.05) is 11.1 Å². The summed E-state index contributed by atoms with van der Waals surface area (Å²) in [5, 5.41) is 0. The van der Waals surface area contributed by atoms with Crippen molar-refractivity contribution in [1.82, 2.24) is 46.3 Å². The summed E-state index contributed by atoms with van der Waals surface area (Å²) in [5.41, 5.74) is 23.3. The van der Waals surface area contributed by atoms with Crippen LogP contribution in [0.25, 0.3) is 123 Å². The number of hydrogen-bond donors (Lipinski definition) is 0. The van der Waals surface area contributed by atoms with Gasteiger partial charge < -0.3 is 0 Å². The minimum Gasteiger partial charge on any atom is -0.276 e. The van der Waals surface area contributed by atoms with Crippen molar-refractivity contribution in [3.05, 3.63) is 180 Å². The molecule has 0 bridgehead atoms. The van der Waals surface area contributed by atoms with E-state index in [2.05, 4.69) is 225 Å². The molecule has 0 N–H and O–H groups in total. The van der Waals surface area contributed by atoms with E-state index in [1.807, 2.05) is 0 Å². The second kappa shape index (κ2) is 12.9. The highest BCUT2D eigenvalue weighted by Crippen LogP contribution is 2.42. The van der Waals surface area contributed by atoms with Crippen LogP contribution in [0.1, 0.15) is 51.3 Å². The van der Waals surface area contributed by atoms with Gasteiger partial charge in [-0.05, 0) is 93.6 Å². The molecule has 10 nitrogen and oxygen atoms in total. The first-order valence-electron chi connectivity index (χ1n) is 24.2. The molecule has 0 fully saturated rings. The minimum atomic E-state index is -0.232. The van der Waals surface area contributed by atoms with Crippen LogP contribution in [0.2, 0.25) is 0 Å². The second-order valence-electron chi connectivity index (χ2n) is 21.0. The third-order valence-electron chi connectivity index (χ3n) is 15.4. The third kappa shape index (κ3) is 4.72. The minimum absolute atomic E-state index is 0.0449. The first kappa shape index (κ1) is 38.2. The Bertz CT molecular complexity index is 4850. The lowest BCUT2D eigenvalue weighted by Gasteiger charge is -2.26. The number of nitrogens with zero attached hydrogens (tertiary/aromatic N) is 10. The molecule has 8 heterocycles. The molecule has 70 heavy (non-hydrogen) atoms. The lowest BCUT2D eigenvalue weighted by molar-refractivity contribution is 0.526. The Morgan fingerprint density at radius 3 is 1.30 bits per heavy atom. The van der Waals surface area contributed by atoms with Crippen molar-refractivity contribution < 1.29 is 0 Å². The number of hydrogen-bond acceptors (Lipinski definition) is 4. The van der Waals surface area contributed by atoms with Crippen molar-refractivity contribution in [1.29, 1.82) is 0 Å². The molecule has 8 aromatic heterocycles. The van der Waals surface area contributed by atoms with E-state index < -0.39 is 0 Å². The summed E-state index contributed by atoms with van der Waals surface area (Å²) in [7, 11) is 0. The Morgan fingerprint density at radius 2 is 0.771 bits per heavy atom. The molecule has 0 aliphatic heterocycles. The standard InChI is InChI=1S/C60H44N10/c1-59(2,3)39-19-11-23-43-49(39)63-57-65(43)45-25-13-26-46-53(45)70(57)58-64-50-40(20-12-24-44(50)66(46)58)60(4,5)33-34-29-31-36(32-30-34)38-18-10-22-42-52(38)68-48-28-14-27-47-54(48)69(56(68)62-42)55-61-41-21-9-17-37(51(41)67(47)55)35-15-7-6-8-16-35/h6-32H,33H2,1-5H3. The van der Waals surface area contributed by atoms with Gasteiger partial charge in [-0.2, -0.15) is 0 Å². The van der Waals surface area contributed by atoms with E-state index in [1.54, 1.807) is 0 Å². The molecule has 0 saturated carbocycles. The second-order valence-corrected chi connectivity index (χ2v) is 21.0. The van der Waals surface area contributed by atoms with Gasteiger partial charge in [0.1, 0.15) is 11.0 Å². The molecule has 8 aromatic carbocycles. The molecule has 0 radical (unpaired) electrons. The molecule has 0 amide bonds. The quantitative estimate of drug-likeness (QED) is 0.172. The van der Waals surface area contributed by atoms with Crippen LogP contribution in [-0.2, 0) is 17.3 Å². The van der Waals surface area contributed by atoms with Crippen LogP contribution < -0.4 is 0 Å². The van der Waals surface area contributed by atoms with Crippen molar-refractivity contribution in [2.75, 3.05) is 0 Å². The van der Waals surface area contributed by atoms with Gasteiger partial charge >= 0.3 is 0 Å². The Balaban J connectivity index is 0.800. The fraction of sp³-hybridized carbons (Fsp3) is 0.133. The highest BCUT2D eigenvalue weighted by Gasteiger charge is 2.31. The first-order valence-corrected chi connectivity index (χ1v) is 24.2. The zero-order valence-electron chi connectivity index (χ0n) is 39.3. The number of benzene rings is 8. The Morgan fingerprint density at radius 1 is 0.343 bits per heavy atom. The van der Waals surface area contributed by atoms with Crippen LogP contribution in [0.3, 0.4) is 0 Å². The van der Waals surface area contributed by atoms with E-state index in [4.69, 9.17) is 19.9 Å². The van der Waals surface area contributed by atoms with Crippen LogP contribution in [0.5, 0.6) is 0 Å². The maximum absolute atomic E-state index is 5.54. The maximum Gasteiger partial charge on any atom is 0.223 e. The summed E-state index contributed by atoms with van der Waals surface area (Å²) < 4.78 is 13.8. The Labute approximate surface area is 399 Å². The zero-order chi connectivity index (χ0) is 46.5. The number of fused-ring (bicyclic) bond motifs is 20. The summed E-state index contributed by atoms with van der Waals surface area (Å²) in [5.74, 6) is 3.51. The van der Waals surface area contributed by atoms with Gasteiger partial charge in [0.25, 0.3) is 0 Å². The molecule has 16 rings (SSSR count). The van der Waals surface area contributed by atoms with E-state index in [0.717, 1.165) is 123 Å². The van der Waals surface area contributed by atoms with Crippen LogP contribution in [0.15, 0.2) is 164 Å². The topological polar surface area (TPSA) is 78.0 Å². The average molecular weight is 905 g/mol. The zero-order valence-corrected chi connectivity index (χ0v) is 39.3. The lowest BCUT2D eigenvalue weighted by Crippen LogP contribution is -2.21. The fourth-order valence-corrected chi connectivity index (χ4v) is 12.4. The summed E-state index contributed by atoms with van der Waals surface area (Å²) in [6, 6.07) is 59.1. The SMILES string of the molecule is CC(C)(C)c1cccc2c1nc1n2c2cccc3c2n1c1nc2c(C(C)(C)Cc4ccc(-c5cccc6nc7n(c8cccc9c8n7c7nc8cccc(-c%10ccccc%10)c8n97)c56)cc4)cccc2n31. The number of aromatic nitrogens is 10. The van der Waals surface area contributed by atoms with E-state index in [0.29, 0.717) is 0 Å². The number of para-hydroxylation sites is 6. The molecule has 334 valence electrons. The van der Waals surface area contributed by atoms with Crippen LogP contribution in [0, 0.1) is 0 Å². The first-order chi connectivity index (χ1) is 34.1. The summed E-state index contributed by atoms with van der Waals surface area (Å²) in [6.07, 6.45) is 0.842. The van der Waals surface area contributed by atoms with Crippen LogP contribution >= 0.6 is 0 Å². The van der Waals surface area contributed by atoms with E-state index in [9.17, 15) is 0 Å². The molecule has 0 atom stereocenters. The smallest absolute Gasteiger partial charge is 0.223 e. The molecule has 0 spiro atoms. The normalized spacial score (nSPS) is 13.3. The third-order valence-corrected chi connectivity index (χ3v) is 15.4. The highest BCUT2D eigenvalue weighted by molar-refractivity contribution is 6.08. The van der Waals surface area contributed by atoms with E-state index in [1.165, 1.54) is 22.3 Å². The van der Waals surface area contributed by atoms with Gasteiger partial charge in [0.15, 0.2) is 0 Å². The largest absolute Gasteiger partial charge is 0.276 e. The van der Waals surface area contributed by atoms with Gasteiger partial charge in [0.2, 0.25) is 23.1 Å². The highest BCUT2D eigenvalue weighted by atomic mass is 15.3. The molecule has 0 aliphatic rings. The van der Waals surface area contributed by atoms with Crippen LogP contribution in [0.4, 0.5) is 0 Å². The predicted molar refractivity (Wildman–Crippen MR) is 284 cm³/mol. The Kier molecular flexibility index (Phi) is 7.02. The van der Waals surface area contributed by atoms with Crippen LogP contribution in [-0.4, -0.2) is 46.3 Å². The monoisotopic (exact) mass is 904 g/mol. The lowest BCUT2D eigenvalue weighted by atomic mass is 9.78. The Hall–Kier alpha value is -8.76. The molecular formula is C60H44N10. The summed E-state index contributed by atoms with van der Waals surface area (Å²) in [4.78, 5) is 21.6. The fourth-order valence-electron chi connectivity index (χ4n) is 12.4. The molecule has 0 aliphatic carbocycles. The average Bonchev–Trinajstić information content (AvgIpc) is 4.24. The van der Waals surface area contributed by atoms with Gasteiger partial charge in [-0.15, -0.1) is 0 Å². The van der Waals surface area contributed by atoms with Gasteiger partial charge in [-0.1, -0.05) is 150 Å². The number of imidazole rings is 8. The van der Waals surface area contributed by atoms with E-state index in [-0.39, 0.29) is 10.8 Å². The van der Waals surface area contributed by atoms with Gasteiger partial charge in [-0.25, -0.2) is 28.7 Å². The van der Waals surface area contributed by atoms with Crippen molar-refractivity contribution in [3.63, 3.8) is 0 Å². The molecule has 10 heteroatoms. The summed E-state index contributed by atoms with van der Waals surface area (Å²) in [6.45, 7) is 11.5.